The Bertz CT molecular complexity index is 988. The highest BCUT2D eigenvalue weighted by Gasteiger charge is 2.33. The molecule has 1 amide bonds. The first kappa shape index (κ1) is 16.8. The fourth-order valence-corrected chi connectivity index (χ4v) is 2.97. The van der Waals surface area contributed by atoms with Crippen LogP contribution in [0.5, 0.6) is 5.75 Å². The first-order valence-electron chi connectivity index (χ1n) is 8.54. The molecular formula is C21H18N4O2. The predicted molar refractivity (Wildman–Crippen MR) is 104 cm³/mol. The Hall–Kier alpha value is -3.67. The molecule has 4 rings (SSSR count). The molecule has 1 atom stereocenters. The summed E-state index contributed by atoms with van der Waals surface area (Å²) in [5.74, 6) is 0.540. The van der Waals surface area contributed by atoms with Gasteiger partial charge in [-0.05, 0) is 36.4 Å². The van der Waals surface area contributed by atoms with Crippen molar-refractivity contribution in [1.29, 1.82) is 0 Å². The summed E-state index contributed by atoms with van der Waals surface area (Å²) in [6.07, 6.45) is 2.81. The van der Waals surface area contributed by atoms with E-state index < -0.39 is 6.17 Å². The average molecular weight is 358 g/mol. The van der Waals surface area contributed by atoms with Crippen molar-refractivity contribution in [3.8, 4) is 5.75 Å². The summed E-state index contributed by atoms with van der Waals surface area (Å²) in [7, 11) is 1.62. The van der Waals surface area contributed by atoms with Gasteiger partial charge in [0.2, 0.25) is 0 Å². The maximum atomic E-state index is 13.1. The van der Waals surface area contributed by atoms with Gasteiger partial charge in [0.05, 0.1) is 24.6 Å². The highest BCUT2D eigenvalue weighted by Crippen LogP contribution is 2.34. The summed E-state index contributed by atoms with van der Waals surface area (Å²) in [4.78, 5) is 17.3. The Balaban J connectivity index is 1.76. The second-order valence-corrected chi connectivity index (χ2v) is 6.02. The van der Waals surface area contributed by atoms with Gasteiger partial charge in [-0.25, -0.2) is 5.01 Å². The number of hydrogen-bond acceptors (Lipinski definition) is 5. The number of rotatable bonds is 4. The van der Waals surface area contributed by atoms with Gasteiger partial charge in [-0.15, -0.1) is 0 Å². The highest BCUT2D eigenvalue weighted by molar-refractivity contribution is 6.02. The van der Waals surface area contributed by atoms with Crippen molar-refractivity contribution in [3.05, 3.63) is 89.7 Å². The molecule has 6 nitrogen and oxygen atoms in total. The van der Waals surface area contributed by atoms with Crippen molar-refractivity contribution in [2.75, 3.05) is 12.4 Å². The second kappa shape index (κ2) is 7.29. The number of anilines is 1. The monoisotopic (exact) mass is 358 g/mol. The molecule has 2 heterocycles. The van der Waals surface area contributed by atoms with E-state index in [1.54, 1.807) is 25.6 Å². The molecule has 0 spiro atoms. The molecule has 0 saturated heterocycles. The molecule has 1 aliphatic rings. The van der Waals surface area contributed by atoms with Crippen LogP contribution < -0.4 is 10.1 Å². The number of aromatic nitrogens is 1. The molecule has 0 fully saturated rings. The van der Waals surface area contributed by atoms with E-state index in [2.05, 4.69) is 15.4 Å². The SMILES string of the molecule is COc1cccc(C2Nc3ccccc3C(=O)N2/N=C/c2ccccn2)c1. The number of fused-ring (bicyclic) bond motifs is 1. The lowest BCUT2D eigenvalue weighted by atomic mass is 10.0. The molecule has 27 heavy (non-hydrogen) atoms. The molecule has 2 aromatic carbocycles. The lowest BCUT2D eigenvalue weighted by Crippen LogP contribution is -2.39. The van der Waals surface area contributed by atoms with Gasteiger partial charge in [-0.3, -0.25) is 9.78 Å². The van der Waals surface area contributed by atoms with Crippen molar-refractivity contribution in [2.45, 2.75) is 6.17 Å². The number of hydrazone groups is 1. The number of pyridine rings is 1. The molecular weight excluding hydrogens is 340 g/mol. The van der Waals surface area contributed by atoms with Crippen molar-refractivity contribution >= 4 is 17.8 Å². The maximum Gasteiger partial charge on any atom is 0.278 e. The molecule has 6 heteroatoms. The van der Waals surface area contributed by atoms with Gasteiger partial charge in [-0.2, -0.15) is 5.10 Å². The standard InChI is InChI=1S/C21H18N4O2/c1-27-17-9-6-7-15(13-17)20-24-19-11-3-2-10-18(19)21(26)25(20)23-14-16-8-4-5-12-22-16/h2-14,20,24H,1H3/b23-14+. The number of carbonyl (C=O) groups excluding carboxylic acids is 1. The van der Waals surface area contributed by atoms with E-state index in [0.29, 0.717) is 17.0 Å². The summed E-state index contributed by atoms with van der Waals surface area (Å²) in [5.41, 5.74) is 2.90. The lowest BCUT2D eigenvalue weighted by molar-refractivity contribution is 0.0691. The zero-order valence-electron chi connectivity index (χ0n) is 14.7. The molecule has 1 N–H and O–H groups in total. The van der Waals surface area contributed by atoms with Crippen LogP contribution in [0.15, 0.2) is 78.0 Å². The van der Waals surface area contributed by atoms with Crippen LogP contribution in [0.1, 0.15) is 27.8 Å². The maximum absolute atomic E-state index is 13.1. The number of nitrogens with one attached hydrogen (secondary N) is 1. The molecule has 1 aromatic heterocycles. The number of para-hydroxylation sites is 1. The Morgan fingerprint density at radius 1 is 1.11 bits per heavy atom. The molecule has 0 radical (unpaired) electrons. The number of ether oxygens (including phenoxy) is 1. The molecule has 0 aliphatic carbocycles. The van der Waals surface area contributed by atoms with Crippen LogP contribution in [0.3, 0.4) is 0 Å². The first-order chi connectivity index (χ1) is 13.3. The summed E-state index contributed by atoms with van der Waals surface area (Å²) in [6.45, 7) is 0. The van der Waals surface area contributed by atoms with Crippen LogP contribution in [0.4, 0.5) is 5.69 Å². The fourth-order valence-electron chi connectivity index (χ4n) is 2.97. The molecule has 3 aromatic rings. The molecule has 1 aliphatic heterocycles. The average Bonchev–Trinajstić information content (AvgIpc) is 2.74. The van der Waals surface area contributed by atoms with Gasteiger partial charge >= 0.3 is 0 Å². The Morgan fingerprint density at radius 2 is 1.96 bits per heavy atom. The van der Waals surface area contributed by atoms with Gasteiger partial charge in [0.1, 0.15) is 5.75 Å². The Kier molecular flexibility index (Phi) is 4.53. The number of methoxy groups -OCH3 is 1. The Labute approximate surface area is 157 Å². The number of benzene rings is 2. The minimum Gasteiger partial charge on any atom is -0.497 e. The lowest BCUT2D eigenvalue weighted by Gasteiger charge is -2.34. The number of hydrogen-bond donors (Lipinski definition) is 1. The normalized spacial score (nSPS) is 16.1. The largest absolute Gasteiger partial charge is 0.497 e. The third kappa shape index (κ3) is 3.37. The van der Waals surface area contributed by atoms with Crippen molar-refractivity contribution in [3.63, 3.8) is 0 Å². The van der Waals surface area contributed by atoms with E-state index in [9.17, 15) is 4.79 Å². The second-order valence-electron chi connectivity index (χ2n) is 6.02. The smallest absolute Gasteiger partial charge is 0.278 e. The van der Waals surface area contributed by atoms with E-state index in [4.69, 9.17) is 4.74 Å². The van der Waals surface area contributed by atoms with Crippen LogP contribution in [-0.4, -0.2) is 29.2 Å². The summed E-state index contributed by atoms with van der Waals surface area (Å²) in [6, 6.07) is 20.5. The van der Waals surface area contributed by atoms with Crippen LogP contribution in [0.2, 0.25) is 0 Å². The van der Waals surface area contributed by atoms with Gasteiger partial charge in [0.25, 0.3) is 5.91 Å². The number of amides is 1. The van der Waals surface area contributed by atoms with E-state index in [-0.39, 0.29) is 5.91 Å². The van der Waals surface area contributed by atoms with Gasteiger partial charge in [0, 0.05) is 17.4 Å². The van der Waals surface area contributed by atoms with Crippen molar-refractivity contribution < 1.29 is 9.53 Å². The van der Waals surface area contributed by atoms with Crippen LogP contribution >= 0.6 is 0 Å². The fraction of sp³-hybridized carbons (Fsp3) is 0.0952. The zero-order chi connectivity index (χ0) is 18.6. The van der Waals surface area contributed by atoms with E-state index >= 15 is 0 Å². The minimum absolute atomic E-state index is 0.177. The van der Waals surface area contributed by atoms with Crippen LogP contribution in [0, 0.1) is 0 Å². The predicted octanol–water partition coefficient (Wildman–Crippen LogP) is 3.69. The third-order valence-electron chi connectivity index (χ3n) is 4.31. The summed E-state index contributed by atoms with van der Waals surface area (Å²) in [5, 5.41) is 9.27. The minimum atomic E-state index is -0.456. The topological polar surface area (TPSA) is 66.8 Å². The quantitative estimate of drug-likeness (QED) is 0.722. The third-order valence-corrected chi connectivity index (χ3v) is 4.31. The molecule has 0 saturated carbocycles. The van der Waals surface area contributed by atoms with Gasteiger partial charge in [-0.1, -0.05) is 30.3 Å². The van der Waals surface area contributed by atoms with Crippen molar-refractivity contribution in [1.82, 2.24) is 9.99 Å². The number of nitrogens with zero attached hydrogens (tertiary/aromatic N) is 3. The Morgan fingerprint density at radius 3 is 2.78 bits per heavy atom. The zero-order valence-corrected chi connectivity index (χ0v) is 14.7. The van der Waals surface area contributed by atoms with E-state index in [1.165, 1.54) is 5.01 Å². The van der Waals surface area contributed by atoms with Crippen LogP contribution in [0.25, 0.3) is 0 Å². The van der Waals surface area contributed by atoms with E-state index in [1.807, 2.05) is 60.7 Å². The molecule has 1 unspecified atom stereocenters. The van der Waals surface area contributed by atoms with Gasteiger partial charge < -0.3 is 10.1 Å². The van der Waals surface area contributed by atoms with Crippen LogP contribution in [-0.2, 0) is 0 Å². The summed E-state index contributed by atoms with van der Waals surface area (Å²) >= 11 is 0. The summed E-state index contributed by atoms with van der Waals surface area (Å²) < 4.78 is 5.33. The highest BCUT2D eigenvalue weighted by atomic mass is 16.5. The van der Waals surface area contributed by atoms with E-state index in [0.717, 1.165) is 11.3 Å². The van der Waals surface area contributed by atoms with Crippen molar-refractivity contribution in [2.24, 2.45) is 5.10 Å². The van der Waals surface area contributed by atoms with Gasteiger partial charge in [0.15, 0.2) is 6.17 Å². The molecule has 134 valence electrons. The number of carbonyl (C=O) groups is 1. The molecule has 0 bridgehead atoms. The first-order valence-corrected chi connectivity index (χ1v) is 8.54.